The van der Waals surface area contributed by atoms with Gasteiger partial charge in [0.25, 0.3) is 0 Å². The van der Waals surface area contributed by atoms with Gasteiger partial charge in [-0.05, 0) is 10.8 Å². The third-order valence-electron chi connectivity index (χ3n) is 6.40. The zero-order valence-electron chi connectivity index (χ0n) is 15.6. The predicted octanol–water partition coefficient (Wildman–Crippen LogP) is 2.43. The maximum absolute atomic E-state index is 12.9. The molecule has 130 valence electrons. The van der Waals surface area contributed by atoms with Crippen LogP contribution in [0.1, 0.15) is 47.6 Å². The average Bonchev–Trinajstić information content (AvgIpc) is 2.62. The summed E-state index contributed by atoms with van der Waals surface area (Å²) in [5.41, 5.74) is 0.400. The molecule has 2 aliphatic carbocycles. The molecule has 0 radical (unpaired) electrons. The van der Waals surface area contributed by atoms with Crippen molar-refractivity contribution in [2.45, 2.75) is 53.1 Å². The van der Waals surface area contributed by atoms with Gasteiger partial charge in [-0.15, -0.1) is 0 Å². The number of aromatic nitrogens is 3. The first-order chi connectivity index (χ1) is 10.9. The lowest BCUT2D eigenvalue weighted by molar-refractivity contribution is -0.0385. The Kier molecular flexibility index (Phi) is 2.66. The van der Waals surface area contributed by atoms with Gasteiger partial charge in [-0.1, -0.05) is 65.3 Å². The molecule has 1 aromatic rings. The molecule has 0 spiro atoms. The van der Waals surface area contributed by atoms with Gasteiger partial charge in [-0.2, -0.15) is 0 Å². The fourth-order valence-electron chi connectivity index (χ4n) is 5.17. The molecule has 24 heavy (non-hydrogen) atoms. The van der Waals surface area contributed by atoms with Crippen LogP contribution in [0.5, 0.6) is 0 Å². The summed E-state index contributed by atoms with van der Waals surface area (Å²) in [7, 11) is 1.58. The smallest absolute Gasteiger partial charge is 0.246 e. The molecule has 0 unspecified atom stereocenters. The van der Waals surface area contributed by atoms with Crippen LogP contribution in [0.25, 0.3) is 0 Å². The highest BCUT2D eigenvalue weighted by atomic mass is 16.2. The molecule has 5 heteroatoms. The summed E-state index contributed by atoms with van der Waals surface area (Å²) in [6, 6.07) is -0.0557. The minimum Gasteiger partial charge on any atom is -0.246 e. The van der Waals surface area contributed by atoms with Gasteiger partial charge in [0.1, 0.15) is 0 Å². The molecule has 0 fully saturated rings. The first-order valence-electron chi connectivity index (χ1n) is 8.75. The Morgan fingerprint density at radius 2 is 1.67 bits per heavy atom. The van der Waals surface area contributed by atoms with Crippen LogP contribution >= 0.6 is 0 Å². The lowest BCUT2D eigenvalue weighted by Gasteiger charge is -2.63. The van der Waals surface area contributed by atoms with Gasteiger partial charge in [-0.25, -0.2) is 23.5 Å². The van der Waals surface area contributed by atoms with E-state index >= 15 is 0 Å². The van der Waals surface area contributed by atoms with E-state index in [9.17, 15) is 9.59 Å². The van der Waals surface area contributed by atoms with Crippen molar-refractivity contribution in [3.05, 3.63) is 44.8 Å². The summed E-state index contributed by atoms with van der Waals surface area (Å²) in [5.74, 6) is 0.565. The fraction of sp³-hybridized carbons (Fsp3) is 0.684. The van der Waals surface area contributed by atoms with E-state index in [4.69, 9.17) is 0 Å². The Morgan fingerprint density at radius 1 is 1.04 bits per heavy atom. The summed E-state index contributed by atoms with van der Waals surface area (Å²) < 4.78 is 4.71. The molecule has 4 atom stereocenters. The number of nitrogens with zero attached hydrogens (tertiary/aromatic N) is 3. The maximum atomic E-state index is 12.9. The Morgan fingerprint density at radius 3 is 2.21 bits per heavy atom. The van der Waals surface area contributed by atoms with Crippen molar-refractivity contribution < 1.29 is 0 Å². The van der Waals surface area contributed by atoms with Crippen LogP contribution in [0, 0.1) is 22.7 Å². The van der Waals surface area contributed by atoms with Crippen molar-refractivity contribution >= 4 is 0 Å². The molecule has 0 saturated carbocycles. The third-order valence-corrected chi connectivity index (χ3v) is 6.40. The van der Waals surface area contributed by atoms with E-state index in [1.165, 1.54) is 10.1 Å². The number of rotatable bonds is 0. The first kappa shape index (κ1) is 15.7. The van der Waals surface area contributed by atoms with Gasteiger partial charge in [0.2, 0.25) is 0 Å². The molecule has 0 amide bonds. The molecule has 3 heterocycles. The summed E-state index contributed by atoms with van der Waals surface area (Å²) in [6.45, 7) is 13.2. The second-order valence-corrected chi connectivity index (χ2v) is 9.63. The standard InChI is InChI=1S/C19H27N3O2/c1-17(2,3)11-10-12-14(11)13-8-9-19(12,18(4,5)6)22-16(24)20(7)15(23)21(13)22/h8-10,12-14H,1-7H3/t12-,13-,14-,19-/m0/s1. The SMILES string of the molecule is Cn1c(=O)n2n(c1=O)[C@@]1(C(C)(C)C)C=C[C@H]2[C@H]2C(C(C)(C)C)=C[C@@H]21. The van der Waals surface area contributed by atoms with Crippen LogP contribution in [0.3, 0.4) is 0 Å². The van der Waals surface area contributed by atoms with Crippen LogP contribution in [0.15, 0.2) is 33.4 Å². The lowest BCUT2D eigenvalue weighted by atomic mass is 9.48. The van der Waals surface area contributed by atoms with Crippen molar-refractivity contribution in [3.8, 4) is 0 Å². The van der Waals surface area contributed by atoms with Crippen LogP contribution in [-0.4, -0.2) is 13.9 Å². The molecule has 5 nitrogen and oxygen atoms in total. The van der Waals surface area contributed by atoms with Crippen LogP contribution in [0.2, 0.25) is 0 Å². The number of allylic oxidation sites excluding steroid dienone is 4. The molecule has 1 aromatic heterocycles. The highest BCUT2D eigenvalue weighted by Crippen LogP contribution is 2.64. The van der Waals surface area contributed by atoms with E-state index in [1.807, 2.05) is 0 Å². The maximum Gasteiger partial charge on any atom is 0.347 e. The summed E-state index contributed by atoms with van der Waals surface area (Å²) in [4.78, 5) is 25.7. The summed E-state index contributed by atoms with van der Waals surface area (Å²) >= 11 is 0. The molecule has 2 aliphatic heterocycles. The number of hydrogen-bond acceptors (Lipinski definition) is 2. The largest absolute Gasteiger partial charge is 0.347 e. The molecule has 0 N–H and O–H groups in total. The van der Waals surface area contributed by atoms with Crippen molar-refractivity contribution in [2.75, 3.05) is 0 Å². The Hall–Kier alpha value is -1.78. The van der Waals surface area contributed by atoms with Crippen molar-refractivity contribution in [3.63, 3.8) is 0 Å². The minimum atomic E-state index is -0.487. The normalized spacial score (nSPS) is 33.8. The van der Waals surface area contributed by atoms with Gasteiger partial charge >= 0.3 is 11.4 Å². The summed E-state index contributed by atoms with van der Waals surface area (Å²) in [6.07, 6.45) is 6.71. The van der Waals surface area contributed by atoms with Crippen molar-refractivity contribution in [2.24, 2.45) is 29.7 Å². The fourth-order valence-corrected chi connectivity index (χ4v) is 5.17. The average molecular weight is 329 g/mol. The zero-order valence-corrected chi connectivity index (χ0v) is 15.6. The van der Waals surface area contributed by atoms with E-state index in [0.717, 1.165) is 0 Å². The van der Waals surface area contributed by atoms with Crippen molar-refractivity contribution in [1.82, 2.24) is 13.9 Å². The van der Waals surface area contributed by atoms with Gasteiger partial charge in [0, 0.05) is 18.9 Å². The predicted molar refractivity (Wildman–Crippen MR) is 94.1 cm³/mol. The summed E-state index contributed by atoms with van der Waals surface area (Å²) in [5, 5.41) is 0. The van der Waals surface area contributed by atoms with E-state index in [-0.39, 0.29) is 34.2 Å². The van der Waals surface area contributed by atoms with Gasteiger partial charge in [0.05, 0.1) is 11.6 Å². The van der Waals surface area contributed by atoms with E-state index in [0.29, 0.717) is 5.92 Å². The van der Waals surface area contributed by atoms with E-state index in [1.54, 1.807) is 16.4 Å². The third kappa shape index (κ3) is 1.47. The second kappa shape index (κ2) is 4.06. The van der Waals surface area contributed by atoms with Gasteiger partial charge in [0.15, 0.2) is 0 Å². The Bertz CT molecular complexity index is 910. The Balaban J connectivity index is 2.08. The van der Waals surface area contributed by atoms with Crippen LogP contribution in [-0.2, 0) is 12.6 Å². The highest BCUT2D eigenvalue weighted by molar-refractivity contribution is 5.41. The minimum absolute atomic E-state index is 0.0557. The zero-order chi connectivity index (χ0) is 17.8. The molecule has 2 bridgehead atoms. The van der Waals surface area contributed by atoms with E-state index in [2.05, 4.69) is 59.8 Å². The molecular weight excluding hydrogens is 302 g/mol. The van der Waals surface area contributed by atoms with Gasteiger partial charge < -0.3 is 0 Å². The topological polar surface area (TPSA) is 48.9 Å². The molecule has 4 aliphatic rings. The van der Waals surface area contributed by atoms with Gasteiger partial charge in [-0.3, -0.25) is 0 Å². The van der Waals surface area contributed by atoms with Crippen molar-refractivity contribution in [1.29, 1.82) is 0 Å². The number of hydrogen-bond donors (Lipinski definition) is 0. The molecule has 5 rings (SSSR count). The van der Waals surface area contributed by atoms with Crippen LogP contribution in [0.4, 0.5) is 0 Å². The van der Waals surface area contributed by atoms with E-state index < -0.39 is 5.54 Å². The van der Waals surface area contributed by atoms with Crippen LogP contribution < -0.4 is 11.4 Å². The molecule has 0 aromatic carbocycles. The lowest BCUT2D eigenvalue weighted by Crippen LogP contribution is -2.67. The quantitative estimate of drug-likeness (QED) is 0.687. The first-order valence-corrected chi connectivity index (χ1v) is 8.75. The second-order valence-electron chi connectivity index (χ2n) is 9.63. The monoisotopic (exact) mass is 329 g/mol. The molecule has 0 saturated heterocycles. The Labute approximate surface area is 142 Å². The molecular formula is C19H27N3O2. The highest BCUT2D eigenvalue weighted by Gasteiger charge is 2.64.